The van der Waals surface area contributed by atoms with Crippen LogP contribution in [-0.2, 0) is 27.3 Å². The van der Waals surface area contributed by atoms with Crippen LogP contribution in [0.2, 0.25) is 0 Å². The summed E-state index contributed by atoms with van der Waals surface area (Å²) in [6.45, 7) is 5.24. The lowest BCUT2D eigenvalue weighted by molar-refractivity contribution is -0.133. The van der Waals surface area contributed by atoms with Crippen LogP contribution in [0.4, 0.5) is 0 Å². The molecule has 1 aliphatic rings. The highest BCUT2D eigenvalue weighted by Gasteiger charge is 2.28. The van der Waals surface area contributed by atoms with Gasteiger partial charge in [-0.15, -0.1) is 0 Å². The van der Waals surface area contributed by atoms with Crippen molar-refractivity contribution in [3.05, 3.63) is 53.6 Å². The van der Waals surface area contributed by atoms with Crippen molar-refractivity contribution in [2.24, 2.45) is 11.7 Å². The molecule has 244 valence electrons. The Morgan fingerprint density at radius 1 is 0.977 bits per heavy atom. The summed E-state index contributed by atoms with van der Waals surface area (Å²) < 4.78 is 2.15. The fraction of sp³-hybridized carbons (Fsp3) is 0.647. The normalized spacial score (nSPS) is 15.7. The number of carbonyl (C=O) groups excluding carboxylic acids is 3. The molecule has 1 aromatic heterocycles. The van der Waals surface area contributed by atoms with Gasteiger partial charge in [-0.3, -0.25) is 14.4 Å². The summed E-state index contributed by atoms with van der Waals surface area (Å²) in [5.74, 6) is -0.0218. The van der Waals surface area contributed by atoms with E-state index in [1.807, 2.05) is 43.6 Å². The molecule has 1 saturated carbocycles. The number of aliphatic hydroxyl groups excluding tert-OH is 1. The number of nitrogens with one attached hydrogen (secondary N) is 3. The van der Waals surface area contributed by atoms with Crippen molar-refractivity contribution in [2.45, 2.75) is 115 Å². The van der Waals surface area contributed by atoms with Crippen LogP contribution in [0.15, 0.2) is 36.7 Å². The van der Waals surface area contributed by atoms with Crippen molar-refractivity contribution in [3.8, 4) is 0 Å². The zero-order chi connectivity index (χ0) is 31.7. The van der Waals surface area contributed by atoms with Gasteiger partial charge in [0.2, 0.25) is 17.7 Å². The Labute approximate surface area is 263 Å². The molecule has 10 nitrogen and oxygen atoms in total. The molecule has 0 radical (unpaired) electrons. The van der Waals surface area contributed by atoms with Crippen LogP contribution in [0, 0.1) is 12.8 Å². The number of aryl methyl sites for hydroxylation is 3. The number of benzene rings is 1. The first-order valence-electron chi connectivity index (χ1n) is 16.6. The minimum atomic E-state index is -1.16. The number of aromatic nitrogens is 2. The van der Waals surface area contributed by atoms with Gasteiger partial charge in [0.15, 0.2) is 0 Å². The molecule has 3 amide bonds. The zero-order valence-corrected chi connectivity index (χ0v) is 26.7. The molecule has 10 heteroatoms. The topological polar surface area (TPSA) is 151 Å². The van der Waals surface area contributed by atoms with E-state index in [2.05, 4.69) is 25.5 Å². The van der Waals surface area contributed by atoms with Crippen LogP contribution in [0.25, 0.3) is 0 Å². The lowest BCUT2D eigenvalue weighted by Crippen LogP contribution is -2.55. The Balaban J connectivity index is 1.47. The molecule has 0 spiro atoms. The van der Waals surface area contributed by atoms with Gasteiger partial charge in [0.05, 0.1) is 12.5 Å². The molecule has 0 saturated heterocycles. The zero-order valence-electron chi connectivity index (χ0n) is 26.7. The molecule has 0 aliphatic heterocycles. The molecule has 1 aliphatic carbocycles. The highest BCUT2D eigenvalue weighted by atomic mass is 16.3. The first kappa shape index (κ1) is 35.2. The van der Waals surface area contributed by atoms with Crippen LogP contribution < -0.4 is 21.7 Å². The number of hydrogen-bond acceptors (Lipinski definition) is 6. The lowest BCUT2D eigenvalue weighted by atomic mass is 9.87. The number of nitrogens with two attached hydrogens (primary N) is 1. The van der Waals surface area contributed by atoms with E-state index in [9.17, 15) is 19.5 Å². The second-order valence-electron chi connectivity index (χ2n) is 12.3. The van der Waals surface area contributed by atoms with Crippen LogP contribution in [0.1, 0.15) is 100 Å². The predicted octanol–water partition coefficient (Wildman–Crippen LogP) is 3.50. The maximum Gasteiger partial charge on any atom is 0.245 e. The van der Waals surface area contributed by atoms with Crippen molar-refractivity contribution in [3.63, 3.8) is 0 Å². The van der Waals surface area contributed by atoms with Gasteiger partial charge in [-0.2, -0.15) is 0 Å². The van der Waals surface area contributed by atoms with Crippen LogP contribution in [0.5, 0.6) is 0 Å². The van der Waals surface area contributed by atoms with Crippen LogP contribution in [-0.4, -0.2) is 64.2 Å². The van der Waals surface area contributed by atoms with E-state index < -0.39 is 30.5 Å². The van der Waals surface area contributed by atoms with Crippen molar-refractivity contribution < 1.29 is 19.5 Å². The number of imidazole rings is 1. The maximum atomic E-state index is 13.1. The Morgan fingerprint density at radius 2 is 1.70 bits per heavy atom. The molecule has 0 bridgehead atoms. The smallest absolute Gasteiger partial charge is 0.245 e. The monoisotopic (exact) mass is 610 g/mol. The first-order valence-corrected chi connectivity index (χ1v) is 16.6. The molecule has 44 heavy (non-hydrogen) atoms. The number of unbranched alkanes of at least 4 members (excludes halogenated alkanes) is 2. The number of hydrogen-bond donors (Lipinski definition) is 5. The van der Waals surface area contributed by atoms with Crippen LogP contribution in [0.3, 0.4) is 0 Å². The summed E-state index contributed by atoms with van der Waals surface area (Å²) in [6.07, 6.45) is 15.9. The van der Waals surface area contributed by atoms with Gasteiger partial charge >= 0.3 is 0 Å². The predicted molar refractivity (Wildman–Crippen MR) is 173 cm³/mol. The molecule has 6 N–H and O–H groups in total. The molecule has 1 fully saturated rings. The SMILES string of the molecule is Cc1nccn1CCCCc1ccc([C@@H](C)C(=O)N[C@@H](CO)C(=O)N[C@@H](CCCCN)C(=O)NCCC2CCCCC2)cc1. The maximum absolute atomic E-state index is 13.1. The molecule has 3 atom stereocenters. The van der Waals surface area contributed by atoms with E-state index in [-0.39, 0.29) is 11.8 Å². The average Bonchev–Trinajstić information content (AvgIpc) is 3.45. The Bertz CT molecular complexity index is 1140. The van der Waals surface area contributed by atoms with Crippen molar-refractivity contribution in [2.75, 3.05) is 19.7 Å². The van der Waals surface area contributed by atoms with Gasteiger partial charge in [0.1, 0.15) is 17.9 Å². The fourth-order valence-electron chi connectivity index (χ4n) is 5.90. The van der Waals surface area contributed by atoms with Gasteiger partial charge in [-0.1, -0.05) is 56.4 Å². The summed E-state index contributed by atoms with van der Waals surface area (Å²) in [4.78, 5) is 43.4. The van der Waals surface area contributed by atoms with E-state index in [4.69, 9.17) is 5.73 Å². The third-order valence-electron chi connectivity index (χ3n) is 8.88. The second kappa shape index (κ2) is 19.2. The fourth-order valence-corrected chi connectivity index (χ4v) is 5.90. The van der Waals surface area contributed by atoms with Gasteiger partial charge in [0.25, 0.3) is 0 Å². The average molecular weight is 611 g/mol. The van der Waals surface area contributed by atoms with Gasteiger partial charge in [0, 0.05) is 25.5 Å². The first-order chi connectivity index (χ1) is 21.3. The number of aliphatic hydroxyl groups is 1. The largest absolute Gasteiger partial charge is 0.394 e. The van der Waals surface area contributed by atoms with E-state index >= 15 is 0 Å². The lowest BCUT2D eigenvalue weighted by Gasteiger charge is -2.24. The minimum absolute atomic E-state index is 0.237. The summed E-state index contributed by atoms with van der Waals surface area (Å²) in [6, 6.07) is 6.06. The second-order valence-corrected chi connectivity index (χ2v) is 12.3. The molecule has 1 aromatic carbocycles. The van der Waals surface area contributed by atoms with Crippen molar-refractivity contribution in [1.82, 2.24) is 25.5 Å². The highest BCUT2D eigenvalue weighted by Crippen LogP contribution is 2.25. The molecular formula is C34H54N6O4. The van der Waals surface area contributed by atoms with Gasteiger partial charge in [-0.05, 0) is 82.4 Å². The summed E-state index contributed by atoms with van der Waals surface area (Å²) in [5.41, 5.74) is 7.67. The van der Waals surface area contributed by atoms with E-state index in [1.54, 1.807) is 6.92 Å². The quantitative estimate of drug-likeness (QED) is 0.154. The van der Waals surface area contributed by atoms with Crippen molar-refractivity contribution in [1.29, 1.82) is 0 Å². The van der Waals surface area contributed by atoms with Gasteiger partial charge < -0.3 is 31.4 Å². The minimum Gasteiger partial charge on any atom is -0.394 e. The van der Waals surface area contributed by atoms with Gasteiger partial charge in [-0.25, -0.2) is 4.98 Å². The van der Waals surface area contributed by atoms with E-state index in [0.29, 0.717) is 31.8 Å². The molecule has 3 rings (SSSR count). The Hall–Kier alpha value is -3.24. The Morgan fingerprint density at radius 3 is 2.36 bits per heavy atom. The third kappa shape index (κ3) is 11.7. The van der Waals surface area contributed by atoms with Crippen molar-refractivity contribution >= 4 is 17.7 Å². The summed E-state index contributed by atoms with van der Waals surface area (Å²) >= 11 is 0. The summed E-state index contributed by atoms with van der Waals surface area (Å²) in [7, 11) is 0. The Kier molecular flexibility index (Phi) is 15.4. The van der Waals surface area contributed by atoms with Crippen LogP contribution >= 0.6 is 0 Å². The highest BCUT2D eigenvalue weighted by molar-refractivity contribution is 5.93. The summed E-state index contributed by atoms with van der Waals surface area (Å²) in [5, 5.41) is 18.4. The number of amides is 3. The standard InChI is InChI=1S/C34H54N6O4/c1-25(29-16-14-28(15-17-29)12-7-9-22-40-23-21-36-26(40)2)32(42)39-31(24-41)34(44)38-30(13-6-8-19-35)33(43)37-20-18-27-10-4-3-5-11-27/h14-17,21,23,25,27,30-31,41H,3-13,18-20,22,24,35H2,1-2H3,(H,37,43)(H,38,44)(H,39,42)/t25-,30+,31+/m1/s1. The molecule has 0 unspecified atom stereocenters. The number of rotatable bonds is 19. The molecule has 1 heterocycles. The number of carbonyl (C=O) groups is 3. The third-order valence-corrected chi connectivity index (χ3v) is 8.88. The van der Waals surface area contributed by atoms with E-state index in [0.717, 1.165) is 50.0 Å². The van der Waals surface area contributed by atoms with E-state index in [1.165, 1.54) is 37.7 Å². The number of nitrogens with zero attached hydrogens (tertiary/aromatic N) is 2. The molecular weight excluding hydrogens is 556 g/mol. The molecule has 2 aromatic rings.